The molecule has 0 saturated carbocycles. The Morgan fingerprint density at radius 1 is 1.34 bits per heavy atom. The van der Waals surface area contributed by atoms with E-state index >= 15 is 0 Å². The number of carbonyl (C=O) groups is 2. The minimum atomic E-state index is -4.74. The molecule has 2 atom stereocenters. The third-order valence-electron chi connectivity index (χ3n) is 4.58. The van der Waals surface area contributed by atoms with Gasteiger partial charge in [0.2, 0.25) is 0 Å². The largest absolute Gasteiger partial charge is 0.490 e. The number of ether oxygens (including phenoxy) is 1. The molecule has 2 heterocycles. The molecule has 1 aliphatic rings. The van der Waals surface area contributed by atoms with Crippen molar-refractivity contribution in [3.05, 3.63) is 35.3 Å². The lowest BCUT2D eigenvalue weighted by Gasteiger charge is -2.42. The Kier molecular flexibility index (Phi) is 7.72. The van der Waals surface area contributed by atoms with Gasteiger partial charge in [-0.2, -0.15) is 8.42 Å². The van der Waals surface area contributed by atoms with E-state index in [0.717, 1.165) is 11.3 Å². The molecule has 188 valence electrons. The van der Waals surface area contributed by atoms with Gasteiger partial charge in [0, 0.05) is 11.1 Å². The SMILES string of the molecule is CC1C(NC(=O)C(=NOCCOc2ccc(NC(=N)N)cc2)c2csc(N)n2)C(=O)N1S(=O)(=O)O. The Morgan fingerprint density at radius 3 is 2.57 bits per heavy atom. The topological polar surface area (TPSA) is 235 Å². The molecule has 0 radical (unpaired) electrons. The summed E-state index contributed by atoms with van der Waals surface area (Å²) in [6, 6.07) is 4.42. The van der Waals surface area contributed by atoms with Crippen molar-refractivity contribution < 1.29 is 32.1 Å². The first-order valence-corrected chi connectivity index (χ1v) is 12.1. The van der Waals surface area contributed by atoms with Gasteiger partial charge in [-0.25, -0.2) is 9.29 Å². The highest BCUT2D eigenvalue weighted by Crippen LogP contribution is 2.23. The zero-order valence-electron chi connectivity index (χ0n) is 18.2. The van der Waals surface area contributed by atoms with E-state index in [2.05, 4.69) is 20.8 Å². The molecular weight excluding hydrogens is 504 g/mol. The van der Waals surface area contributed by atoms with E-state index < -0.39 is 34.2 Å². The average Bonchev–Trinajstić information content (AvgIpc) is 3.20. The number of rotatable bonds is 10. The van der Waals surface area contributed by atoms with Gasteiger partial charge in [-0.15, -0.1) is 11.3 Å². The summed E-state index contributed by atoms with van der Waals surface area (Å²) in [5.41, 5.74) is 11.3. The van der Waals surface area contributed by atoms with Crippen LogP contribution in [-0.4, -0.2) is 71.0 Å². The quantitative estimate of drug-likeness (QED) is 0.0568. The normalized spacial score (nSPS) is 17.9. The van der Waals surface area contributed by atoms with Crippen LogP contribution in [0.15, 0.2) is 34.8 Å². The van der Waals surface area contributed by atoms with Gasteiger partial charge in [0.1, 0.15) is 24.1 Å². The maximum atomic E-state index is 12.8. The Bertz CT molecular complexity index is 1250. The van der Waals surface area contributed by atoms with Crippen LogP contribution in [-0.2, 0) is 24.7 Å². The molecule has 1 aliphatic heterocycles. The Labute approximate surface area is 203 Å². The first-order chi connectivity index (χ1) is 16.5. The van der Waals surface area contributed by atoms with Gasteiger partial charge in [-0.1, -0.05) is 5.16 Å². The fourth-order valence-electron chi connectivity index (χ4n) is 3.01. The average molecular weight is 527 g/mol. The predicted molar refractivity (Wildman–Crippen MR) is 126 cm³/mol. The van der Waals surface area contributed by atoms with Crippen molar-refractivity contribution in [2.45, 2.75) is 19.0 Å². The smallest absolute Gasteiger partial charge is 0.362 e. The number of hydrogen-bond acceptors (Lipinski definition) is 11. The van der Waals surface area contributed by atoms with E-state index in [-0.39, 0.29) is 40.0 Å². The highest BCUT2D eigenvalue weighted by atomic mass is 32.2. The summed E-state index contributed by atoms with van der Waals surface area (Å²) in [6.07, 6.45) is 0. The predicted octanol–water partition coefficient (Wildman–Crippen LogP) is -0.651. The van der Waals surface area contributed by atoms with E-state index in [9.17, 15) is 18.0 Å². The number of nitrogens with two attached hydrogens (primary N) is 2. The maximum Gasteiger partial charge on any atom is 0.362 e. The number of amides is 2. The van der Waals surface area contributed by atoms with Crippen molar-refractivity contribution in [2.75, 3.05) is 24.3 Å². The summed E-state index contributed by atoms with van der Waals surface area (Å²) in [5.74, 6) is -1.54. The van der Waals surface area contributed by atoms with Crippen LogP contribution in [0.3, 0.4) is 0 Å². The van der Waals surface area contributed by atoms with Crippen LogP contribution < -0.4 is 26.8 Å². The molecule has 0 bridgehead atoms. The summed E-state index contributed by atoms with van der Waals surface area (Å²) < 4.78 is 37.3. The summed E-state index contributed by atoms with van der Waals surface area (Å²) >= 11 is 1.05. The number of oxime groups is 1. The zero-order valence-corrected chi connectivity index (χ0v) is 19.8. The van der Waals surface area contributed by atoms with Gasteiger partial charge < -0.3 is 31.7 Å². The van der Waals surface area contributed by atoms with Gasteiger partial charge in [-0.3, -0.25) is 19.6 Å². The van der Waals surface area contributed by atoms with Gasteiger partial charge >= 0.3 is 10.3 Å². The third-order valence-corrected chi connectivity index (χ3v) is 6.27. The maximum absolute atomic E-state index is 12.8. The van der Waals surface area contributed by atoms with Crippen LogP contribution in [0.4, 0.5) is 10.8 Å². The molecule has 0 aliphatic carbocycles. The number of hydrogen-bond donors (Lipinski definition) is 6. The molecule has 1 aromatic carbocycles. The second-order valence-corrected chi connectivity index (χ2v) is 9.24. The number of nitrogen functional groups attached to an aromatic ring is 1. The van der Waals surface area contributed by atoms with Gasteiger partial charge in [-0.05, 0) is 31.2 Å². The van der Waals surface area contributed by atoms with Crippen molar-refractivity contribution in [1.82, 2.24) is 14.6 Å². The van der Waals surface area contributed by atoms with Crippen molar-refractivity contribution in [3.8, 4) is 5.75 Å². The van der Waals surface area contributed by atoms with Gasteiger partial charge in [0.05, 0.1) is 6.04 Å². The lowest BCUT2D eigenvalue weighted by Crippen LogP contribution is -2.71. The fraction of sp³-hybridized carbons (Fsp3) is 0.278. The number of nitrogens with zero attached hydrogens (tertiary/aromatic N) is 3. The molecule has 17 heteroatoms. The lowest BCUT2D eigenvalue weighted by molar-refractivity contribution is -0.143. The number of β-lactam (4-membered cyclic amide) rings is 1. The molecule has 35 heavy (non-hydrogen) atoms. The minimum absolute atomic E-state index is 0.0564. The van der Waals surface area contributed by atoms with Crippen molar-refractivity contribution in [1.29, 1.82) is 5.41 Å². The van der Waals surface area contributed by atoms with Crippen LogP contribution in [0, 0.1) is 5.41 Å². The number of benzene rings is 1. The van der Waals surface area contributed by atoms with Crippen molar-refractivity contribution in [3.63, 3.8) is 0 Å². The first kappa shape index (κ1) is 25.7. The van der Waals surface area contributed by atoms with Crippen LogP contribution in [0.2, 0.25) is 0 Å². The Hall–Kier alpha value is -3.96. The summed E-state index contributed by atoms with van der Waals surface area (Å²) in [6.45, 7) is 1.35. The number of anilines is 2. The zero-order chi connectivity index (χ0) is 25.8. The monoisotopic (exact) mass is 526 g/mol. The number of aromatic nitrogens is 1. The molecule has 3 rings (SSSR count). The van der Waals surface area contributed by atoms with Crippen LogP contribution in [0.25, 0.3) is 0 Å². The highest BCUT2D eigenvalue weighted by molar-refractivity contribution is 7.84. The summed E-state index contributed by atoms with van der Waals surface area (Å²) in [7, 11) is -4.74. The second-order valence-electron chi connectivity index (χ2n) is 7.06. The number of guanidine groups is 1. The van der Waals surface area contributed by atoms with E-state index in [1.807, 2.05) is 0 Å². The molecule has 8 N–H and O–H groups in total. The summed E-state index contributed by atoms with van der Waals surface area (Å²) in [5, 5.41) is 17.6. The van der Waals surface area contributed by atoms with E-state index in [4.69, 9.17) is 31.0 Å². The van der Waals surface area contributed by atoms with Crippen molar-refractivity contribution >= 4 is 55.9 Å². The van der Waals surface area contributed by atoms with Gasteiger partial charge in [0.15, 0.2) is 23.4 Å². The number of thiazole rings is 1. The minimum Gasteiger partial charge on any atom is -0.490 e. The van der Waals surface area contributed by atoms with E-state index in [1.54, 1.807) is 24.3 Å². The Balaban J connectivity index is 1.59. The fourth-order valence-corrected chi connectivity index (χ4v) is 4.44. The van der Waals surface area contributed by atoms with Crippen LogP contribution in [0.5, 0.6) is 5.75 Å². The molecule has 1 aromatic heterocycles. The summed E-state index contributed by atoms with van der Waals surface area (Å²) in [4.78, 5) is 34.0. The second kappa shape index (κ2) is 10.5. The molecule has 0 spiro atoms. The van der Waals surface area contributed by atoms with E-state index in [0.29, 0.717) is 11.4 Å². The number of carbonyl (C=O) groups excluding carboxylic acids is 2. The Morgan fingerprint density at radius 2 is 2.03 bits per heavy atom. The highest BCUT2D eigenvalue weighted by Gasteiger charge is 2.51. The molecular formula is C18H22N8O7S2. The molecule has 2 unspecified atom stereocenters. The van der Waals surface area contributed by atoms with Crippen LogP contribution in [0.1, 0.15) is 12.6 Å². The van der Waals surface area contributed by atoms with Gasteiger partial charge in [0.25, 0.3) is 11.8 Å². The standard InChI is InChI=1S/C18H22N8O7S2/c1-9-13(16(28)26(9)35(29,30)31)24-15(27)14(12-8-34-18(21)23-12)25-33-7-6-32-11-4-2-10(3-5-11)22-17(19)20/h2-5,8-9,13H,6-7H2,1H3,(H2,21,23)(H,24,27)(H4,19,20,22)(H,29,30,31). The first-order valence-electron chi connectivity index (χ1n) is 9.84. The lowest BCUT2D eigenvalue weighted by atomic mass is 10.0. The molecule has 2 amide bonds. The third kappa shape index (κ3) is 6.34. The molecule has 15 nitrogen and oxygen atoms in total. The van der Waals surface area contributed by atoms with E-state index in [1.165, 1.54) is 12.3 Å². The molecule has 1 fully saturated rings. The number of nitrogens with one attached hydrogen (secondary N) is 3. The van der Waals surface area contributed by atoms with Crippen LogP contribution >= 0.6 is 11.3 Å². The molecule has 2 aromatic rings. The molecule has 1 saturated heterocycles. The van der Waals surface area contributed by atoms with Crippen molar-refractivity contribution in [2.24, 2.45) is 10.9 Å².